The van der Waals surface area contributed by atoms with Crippen molar-refractivity contribution in [2.45, 2.75) is 78.6 Å². The molecule has 0 radical (unpaired) electrons. The lowest BCUT2D eigenvalue weighted by atomic mass is 9.89. The van der Waals surface area contributed by atoms with E-state index in [1.54, 1.807) is 0 Å². The van der Waals surface area contributed by atoms with Crippen LogP contribution in [0.3, 0.4) is 0 Å². The number of ether oxygens (including phenoxy) is 1. The SMILES string of the molecule is CC1CN2CCCC(N2)C(=O)OC(C)c2ccc3ccc(cc3n2)C=CC(C)(C)C(=O)NC(C(C)C)C(=O)N1. The average molecular weight is 536 g/mol. The normalized spacial score (nSPS) is 28.6. The highest BCUT2D eigenvalue weighted by atomic mass is 16.5. The third-order valence-corrected chi connectivity index (χ3v) is 7.39. The number of nitrogens with zero attached hydrogens (tertiary/aromatic N) is 2. The molecule has 3 heterocycles. The number of fused-ring (bicyclic) bond motifs is 4. The first-order chi connectivity index (χ1) is 18.4. The van der Waals surface area contributed by atoms with Crippen molar-refractivity contribution >= 4 is 34.8 Å². The van der Waals surface area contributed by atoms with E-state index < -0.39 is 23.6 Å². The smallest absolute Gasteiger partial charge is 0.325 e. The van der Waals surface area contributed by atoms with Crippen LogP contribution in [-0.2, 0) is 19.1 Å². The van der Waals surface area contributed by atoms with Crippen molar-refractivity contribution in [2.24, 2.45) is 11.3 Å². The molecule has 5 bridgehead atoms. The van der Waals surface area contributed by atoms with Crippen LogP contribution in [0, 0.1) is 11.3 Å². The molecule has 1 fully saturated rings. The van der Waals surface area contributed by atoms with Gasteiger partial charge in [0.05, 0.1) is 16.6 Å². The largest absolute Gasteiger partial charge is 0.455 e. The molecule has 2 aliphatic rings. The maximum Gasteiger partial charge on any atom is 0.325 e. The van der Waals surface area contributed by atoms with Gasteiger partial charge in [-0.3, -0.25) is 14.4 Å². The predicted octanol–water partition coefficient (Wildman–Crippen LogP) is 3.51. The first kappa shape index (κ1) is 28.7. The highest BCUT2D eigenvalue weighted by Gasteiger charge is 2.33. The van der Waals surface area contributed by atoms with Gasteiger partial charge in [-0.15, -0.1) is 0 Å². The monoisotopic (exact) mass is 535 g/mol. The lowest BCUT2D eigenvalue weighted by Gasteiger charge is -2.35. The van der Waals surface area contributed by atoms with E-state index in [1.165, 1.54) is 0 Å². The minimum absolute atomic E-state index is 0.0995. The quantitative estimate of drug-likeness (QED) is 0.479. The van der Waals surface area contributed by atoms with Crippen molar-refractivity contribution in [2.75, 3.05) is 13.1 Å². The second kappa shape index (κ2) is 11.8. The molecule has 5 unspecified atom stereocenters. The minimum atomic E-state index is -0.850. The number of hydrazine groups is 1. The lowest BCUT2D eigenvalue weighted by molar-refractivity contribution is -0.154. The van der Waals surface area contributed by atoms with Crippen LogP contribution in [-0.4, -0.2) is 59.0 Å². The van der Waals surface area contributed by atoms with Gasteiger partial charge in [0, 0.05) is 24.5 Å². The Morgan fingerprint density at radius 3 is 2.56 bits per heavy atom. The van der Waals surface area contributed by atoms with Gasteiger partial charge < -0.3 is 15.4 Å². The Balaban J connectivity index is 1.68. The first-order valence-corrected chi connectivity index (χ1v) is 13.9. The number of aromatic nitrogens is 1. The van der Waals surface area contributed by atoms with Crippen molar-refractivity contribution in [3.8, 4) is 0 Å². The number of carbonyl (C=O) groups excluding carboxylic acids is 3. The van der Waals surface area contributed by atoms with E-state index in [-0.39, 0.29) is 29.7 Å². The lowest BCUT2D eigenvalue weighted by Crippen LogP contribution is -2.58. The number of esters is 1. The Labute approximate surface area is 230 Å². The molecule has 0 saturated carbocycles. The summed E-state index contributed by atoms with van der Waals surface area (Å²) in [6.07, 6.45) is 4.72. The number of nitrogens with one attached hydrogen (secondary N) is 3. The maximum absolute atomic E-state index is 13.3. The van der Waals surface area contributed by atoms with Crippen molar-refractivity contribution in [3.05, 3.63) is 47.7 Å². The van der Waals surface area contributed by atoms with Crippen LogP contribution in [0.1, 0.15) is 71.7 Å². The molecule has 9 nitrogen and oxygen atoms in total. The Kier molecular flexibility index (Phi) is 8.71. The van der Waals surface area contributed by atoms with Gasteiger partial charge >= 0.3 is 5.97 Å². The molecule has 0 aliphatic carbocycles. The molecule has 3 N–H and O–H groups in total. The third kappa shape index (κ3) is 7.02. The average Bonchev–Trinajstić information content (AvgIpc) is 2.89. The number of rotatable bonds is 1. The van der Waals surface area contributed by atoms with Crippen molar-refractivity contribution in [1.82, 2.24) is 26.1 Å². The molecule has 9 heteroatoms. The predicted molar refractivity (Wildman–Crippen MR) is 151 cm³/mol. The van der Waals surface area contributed by atoms with Crippen molar-refractivity contribution in [1.29, 1.82) is 0 Å². The molecule has 1 aromatic carbocycles. The Morgan fingerprint density at radius 2 is 1.82 bits per heavy atom. The fraction of sp³-hybridized carbons (Fsp3) is 0.533. The highest BCUT2D eigenvalue weighted by molar-refractivity contribution is 5.91. The zero-order valence-corrected chi connectivity index (χ0v) is 23.8. The first-order valence-electron chi connectivity index (χ1n) is 13.9. The molecule has 5 atom stereocenters. The summed E-state index contributed by atoms with van der Waals surface area (Å²) in [5, 5.41) is 8.94. The number of carbonyl (C=O) groups is 3. The molecule has 2 amide bonds. The number of pyridine rings is 1. The van der Waals surface area contributed by atoms with Gasteiger partial charge in [-0.2, -0.15) is 0 Å². The second-order valence-electron chi connectivity index (χ2n) is 11.7. The summed E-state index contributed by atoms with van der Waals surface area (Å²) in [5.74, 6) is -0.873. The van der Waals surface area contributed by atoms with E-state index in [0.29, 0.717) is 18.7 Å². The standard InChI is InChI=1S/C30H41N5O4/c1-18(2)26-27(36)31-19(3)17-35-15-7-8-24(34-35)28(37)39-20(4)23-12-11-22-10-9-21(16-25(22)32-23)13-14-30(5,6)29(38)33-26/h9-14,16,18-20,24,26,34H,7-8,15,17H2,1-6H3,(H,31,36)(H,33,38). The van der Waals surface area contributed by atoms with Crippen LogP contribution in [0.25, 0.3) is 17.0 Å². The maximum atomic E-state index is 13.3. The molecule has 4 rings (SSSR count). The van der Waals surface area contributed by atoms with Crippen LogP contribution < -0.4 is 16.1 Å². The van der Waals surface area contributed by atoms with Crippen LogP contribution in [0.15, 0.2) is 36.4 Å². The van der Waals surface area contributed by atoms with Crippen LogP contribution >= 0.6 is 0 Å². The third-order valence-electron chi connectivity index (χ3n) is 7.39. The molecule has 2 aliphatic heterocycles. The molecule has 2 aromatic rings. The van der Waals surface area contributed by atoms with Crippen LogP contribution in [0.5, 0.6) is 0 Å². The molecule has 1 saturated heterocycles. The van der Waals surface area contributed by atoms with E-state index in [1.807, 2.05) is 89.0 Å². The summed E-state index contributed by atoms with van der Waals surface area (Å²) in [5.41, 5.74) is 4.76. The number of hydrogen-bond acceptors (Lipinski definition) is 7. The van der Waals surface area contributed by atoms with E-state index >= 15 is 0 Å². The van der Waals surface area contributed by atoms with Gasteiger partial charge in [-0.05, 0) is 64.2 Å². The van der Waals surface area contributed by atoms with Gasteiger partial charge in [-0.25, -0.2) is 15.4 Å². The fourth-order valence-electron chi connectivity index (χ4n) is 4.90. The van der Waals surface area contributed by atoms with E-state index in [9.17, 15) is 14.4 Å². The zero-order valence-electron chi connectivity index (χ0n) is 23.8. The van der Waals surface area contributed by atoms with Gasteiger partial charge in [0.15, 0.2) is 0 Å². The molecule has 1 aromatic heterocycles. The number of cyclic esters (lactones) is 1. The van der Waals surface area contributed by atoms with Crippen LogP contribution in [0.4, 0.5) is 0 Å². The molecular weight excluding hydrogens is 494 g/mol. The summed E-state index contributed by atoms with van der Waals surface area (Å²) in [4.78, 5) is 44.3. The fourth-order valence-corrected chi connectivity index (χ4v) is 4.90. The van der Waals surface area contributed by atoms with Gasteiger partial charge in [-0.1, -0.05) is 44.2 Å². The summed E-state index contributed by atoms with van der Waals surface area (Å²) in [7, 11) is 0. The van der Waals surface area contributed by atoms with Crippen LogP contribution in [0.2, 0.25) is 0 Å². The van der Waals surface area contributed by atoms with E-state index in [0.717, 1.165) is 29.4 Å². The highest BCUT2D eigenvalue weighted by Crippen LogP contribution is 2.24. The Hall–Kier alpha value is -3.30. The van der Waals surface area contributed by atoms with Gasteiger partial charge in [0.2, 0.25) is 11.8 Å². The van der Waals surface area contributed by atoms with E-state index in [4.69, 9.17) is 9.72 Å². The van der Waals surface area contributed by atoms with Crippen molar-refractivity contribution in [3.63, 3.8) is 0 Å². The molecule has 0 spiro atoms. The van der Waals surface area contributed by atoms with E-state index in [2.05, 4.69) is 16.1 Å². The minimum Gasteiger partial charge on any atom is -0.455 e. The topological polar surface area (TPSA) is 113 Å². The molecular formula is C30H41N5O4. The van der Waals surface area contributed by atoms with Gasteiger partial charge in [0.25, 0.3) is 0 Å². The summed E-state index contributed by atoms with van der Waals surface area (Å²) >= 11 is 0. The summed E-state index contributed by atoms with van der Waals surface area (Å²) in [6, 6.07) is 8.40. The number of benzene rings is 1. The number of amides is 2. The summed E-state index contributed by atoms with van der Waals surface area (Å²) < 4.78 is 5.82. The Bertz CT molecular complexity index is 1260. The molecule has 39 heavy (non-hydrogen) atoms. The molecule has 210 valence electrons. The second-order valence-corrected chi connectivity index (χ2v) is 11.7. The Morgan fingerprint density at radius 1 is 1.08 bits per heavy atom. The van der Waals surface area contributed by atoms with Gasteiger partial charge in [0.1, 0.15) is 18.2 Å². The zero-order chi connectivity index (χ0) is 28.3. The number of hydrogen-bond donors (Lipinski definition) is 3. The summed E-state index contributed by atoms with van der Waals surface area (Å²) in [6.45, 7) is 12.5. The van der Waals surface area contributed by atoms with Crippen molar-refractivity contribution < 1.29 is 19.1 Å².